The summed E-state index contributed by atoms with van der Waals surface area (Å²) in [6.07, 6.45) is 0.129. The van der Waals surface area contributed by atoms with Crippen molar-refractivity contribution in [3.8, 4) is 0 Å². The smallest absolute Gasteiger partial charge is 0.246 e. The van der Waals surface area contributed by atoms with Gasteiger partial charge in [-0.05, 0) is 44.1 Å². The molecule has 7 heteroatoms. The number of para-hydroxylation sites is 1. The van der Waals surface area contributed by atoms with Crippen molar-refractivity contribution in [1.82, 2.24) is 9.80 Å². The third-order valence-corrected chi connectivity index (χ3v) is 6.45. The first kappa shape index (κ1) is 17.4. The van der Waals surface area contributed by atoms with Crippen LogP contribution in [0.25, 0.3) is 0 Å². The van der Waals surface area contributed by atoms with Crippen LogP contribution in [0.2, 0.25) is 0 Å². The monoisotopic (exact) mass is 373 g/mol. The second-order valence-corrected chi connectivity index (χ2v) is 7.90. The summed E-state index contributed by atoms with van der Waals surface area (Å²) in [4.78, 5) is 32.0. The molecule has 3 atom stereocenters. The number of carbonyl (C=O) groups is 2. The third kappa shape index (κ3) is 2.10. The van der Waals surface area contributed by atoms with E-state index < -0.39 is 5.41 Å². The van der Waals surface area contributed by atoms with Crippen molar-refractivity contribution in [1.29, 1.82) is 0 Å². The van der Waals surface area contributed by atoms with E-state index >= 15 is 0 Å². The van der Waals surface area contributed by atoms with Gasteiger partial charge in [-0.2, -0.15) is 0 Å². The zero-order valence-corrected chi connectivity index (χ0v) is 16.2. The van der Waals surface area contributed by atoms with Gasteiger partial charge in [0.15, 0.2) is 10.5 Å². The number of amides is 2. The number of ether oxygens (including phenoxy) is 1. The summed E-state index contributed by atoms with van der Waals surface area (Å²) in [6.45, 7) is 4.62. The zero-order valence-electron chi connectivity index (χ0n) is 15.4. The summed E-state index contributed by atoms with van der Waals surface area (Å²) in [5.74, 6) is -0.472. The molecule has 0 saturated carbocycles. The van der Waals surface area contributed by atoms with E-state index in [0.717, 1.165) is 11.3 Å². The number of hydrogen-bond acceptors (Lipinski definition) is 5. The summed E-state index contributed by atoms with van der Waals surface area (Å²) in [5, 5.41) is 0.244. The average molecular weight is 373 g/mol. The number of morpholine rings is 1. The quantitative estimate of drug-likeness (QED) is 0.509. The second kappa shape index (κ2) is 5.76. The van der Waals surface area contributed by atoms with E-state index in [0.29, 0.717) is 13.0 Å². The van der Waals surface area contributed by atoms with Gasteiger partial charge in [0.2, 0.25) is 11.8 Å². The fraction of sp³-hybridized carbons (Fsp3) is 0.526. The Morgan fingerprint density at radius 2 is 1.73 bits per heavy atom. The van der Waals surface area contributed by atoms with Crippen molar-refractivity contribution in [3.05, 3.63) is 29.8 Å². The van der Waals surface area contributed by atoms with Gasteiger partial charge in [0.05, 0.1) is 18.2 Å². The highest BCUT2D eigenvalue weighted by Gasteiger charge is 2.64. The average Bonchev–Trinajstić information content (AvgIpc) is 2.62. The minimum atomic E-state index is -1.22. The molecule has 3 aliphatic rings. The van der Waals surface area contributed by atoms with Crippen molar-refractivity contribution < 1.29 is 14.3 Å². The van der Waals surface area contributed by atoms with E-state index in [2.05, 4.69) is 11.0 Å². The van der Waals surface area contributed by atoms with Crippen LogP contribution in [-0.2, 0) is 20.7 Å². The lowest BCUT2D eigenvalue weighted by molar-refractivity contribution is -0.164. The molecule has 0 N–H and O–H groups in total. The van der Waals surface area contributed by atoms with Gasteiger partial charge >= 0.3 is 0 Å². The molecule has 138 valence electrons. The molecular formula is C19H23N3O3S. The topological polar surface area (TPSA) is 53.1 Å². The molecule has 0 aromatic heterocycles. The molecule has 0 bridgehead atoms. The molecule has 3 heterocycles. The van der Waals surface area contributed by atoms with Crippen LogP contribution in [0.15, 0.2) is 24.3 Å². The summed E-state index contributed by atoms with van der Waals surface area (Å²) >= 11 is 5.30. The predicted molar refractivity (Wildman–Crippen MR) is 102 cm³/mol. The van der Waals surface area contributed by atoms with Crippen LogP contribution in [0.4, 0.5) is 5.69 Å². The molecule has 0 unspecified atom stereocenters. The first-order valence-electron chi connectivity index (χ1n) is 8.89. The minimum absolute atomic E-state index is 0.0230. The van der Waals surface area contributed by atoms with Crippen LogP contribution in [-0.4, -0.2) is 65.6 Å². The number of nitrogens with zero attached hydrogens (tertiary/aromatic N) is 3. The van der Waals surface area contributed by atoms with Gasteiger partial charge in [0.1, 0.15) is 0 Å². The molecule has 6 nitrogen and oxygen atoms in total. The number of rotatable bonds is 0. The summed E-state index contributed by atoms with van der Waals surface area (Å²) in [7, 11) is 3.30. The molecule has 26 heavy (non-hydrogen) atoms. The van der Waals surface area contributed by atoms with Gasteiger partial charge in [-0.15, -0.1) is 0 Å². The van der Waals surface area contributed by atoms with Crippen molar-refractivity contribution in [3.63, 3.8) is 0 Å². The number of benzene rings is 1. The Labute approximate surface area is 158 Å². The van der Waals surface area contributed by atoms with Gasteiger partial charge in [-0.3, -0.25) is 19.4 Å². The largest absolute Gasteiger partial charge is 0.372 e. The molecule has 2 fully saturated rings. The molecule has 2 amide bonds. The standard InChI is InChI=1S/C19H23N3O3S/c1-11-10-22-14-8-6-5-7-13(14)9-19(15(22)12(2)25-11)16(23)20(3)18(26)21(4)17(19)24/h5-8,11-12,15H,9-10H2,1-4H3/t11-,12-,15+/m1/s1. The van der Waals surface area contributed by atoms with E-state index in [9.17, 15) is 9.59 Å². The van der Waals surface area contributed by atoms with E-state index in [-0.39, 0.29) is 35.2 Å². The van der Waals surface area contributed by atoms with Crippen molar-refractivity contribution in [2.75, 3.05) is 25.5 Å². The highest BCUT2D eigenvalue weighted by Crippen LogP contribution is 2.48. The van der Waals surface area contributed by atoms with Gasteiger partial charge < -0.3 is 9.64 Å². The summed E-state index contributed by atoms with van der Waals surface area (Å²) < 4.78 is 6.08. The normalized spacial score (nSPS) is 30.5. The van der Waals surface area contributed by atoms with Crippen LogP contribution in [0.5, 0.6) is 0 Å². The Kier molecular flexibility index (Phi) is 3.86. The molecular weight excluding hydrogens is 350 g/mol. The number of anilines is 1. The fourth-order valence-corrected chi connectivity index (χ4v) is 5.05. The highest BCUT2D eigenvalue weighted by atomic mass is 32.1. The van der Waals surface area contributed by atoms with Crippen LogP contribution >= 0.6 is 12.2 Å². The maximum absolute atomic E-state index is 13.5. The van der Waals surface area contributed by atoms with Crippen LogP contribution in [0.3, 0.4) is 0 Å². The lowest BCUT2D eigenvalue weighted by Gasteiger charge is -2.57. The molecule has 1 aromatic carbocycles. The lowest BCUT2D eigenvalue weighted by Crippen LogP contribution is -2.75. The van der Waals surface area contributed by atoms with Crippen LogP contribution in [0.1, 0.15) is 19.4 Å². The molecule has 4 rings (SSSR count). The molecule has 1 aromatic rings. The fourth-order valence-electron chi connectivity index (χ4n) is 4.88. The number of fused-ring (bicyclic) bond motifs is 4. The minimum Gasteiger partial charge on any atom is -0.372 e. The maximum atomic E-state index is 13.5. The van der Waals surface area contributed by atoms with E-state index in [1.54, 1.807) is 14.1 Å². The number of hydrogen-bond donors (Lipinski definition) is 0. The SMILES string of the molecule is C[C@@H]1CN2c3ccccc3CC3(C(=O)N(C)C(=S)N(C)C3=O)[C@@H]2[C@@H](C)O1. The molecule has 3 aliphatic heterocycles. The zero-order chi connectivity index (χ0) is 18.8. The Morgan fingerprint density at radius 1 is 1.12 bits per heavy atom. The predicted octanol–water partition coefficient (Wildman–Crippen LogP) is 1.43. The Hall–Kier alpha value is -1.99. The van der Waals surface area contributed by atoms with E-state index in [4.69, 9.17) is 17.0 Å². The Morgan fingerprint density at radius 3 is 2.38 bits per heavy atom. The Balaban J connectivity index is 1.94. The van der Waals surface area contributed by atoms with Gasteiger partial charge in [-0.25, -0.2) is 0 Å². The lowest BCUT2D eigenvalue weighted by atomic mass is 9.66. The highest BCUT2D eigenvalue weighted by molar-refractivity contribution is 7.80. The number of thiocarbonyl (C=S) groups is 1. The first-order valence-corrected chi connectivity index (χ1v) is 9.30. The van der Waals surface area contributed by atoms with Crippen LogP contribution < -0.4 is 4.90 Å². The maximum Gasteiger partial charge on any atom is 0.246 e. The first-order chi connectivity index (χ1) is 12.3. The van der Waals surface area contributed by atoms with E-state index in [1.807, 2.05) is 32.0 Å². The summed E-state index contributed by atoms with van der Waals surface area (Å²) in [5.41, 5.74) is 0.880. The van der Waals surface area contributed by atoms with Crippen molar-refractivity contribution in [2.45, 2.75) is 38.5 Å². The molecule has 2 saturated heterocycles. The second-order valence-electron chi connectivity index (χ2n) is 7.54. The van der Waals surface area contributed by atoms with Crippen LogP contribution in [0, 0.1) is 5.41 Å². The van der Waals surface area contributed by atoms with Gasteiger partial charge in [0, 0.05) is 26.3 Å². The van der Waals surface area contributed by atoms with Gasteiger partial charge in [0.25, 0.3) is 0 Å². The Bertz CT molecular complexity index is 787. The molecule has 0 aliphatic carbocycles. The van der Waals surface area contributed by atoms with Crippen molar-refractivity contribution >= 4 is 34.8 Å². The summed E-state index contributed by atoms with van der Waals surface area (Å²) in [6, 6.07) is 7.66. The molecule has 0 radical (unpaired) electrons. The van der Waals surface area contributed by atoms with Crippen molar-refractivity contribution in [2.24, 2.45) is 5.41 Å². The number of carbonyl (C=O) groups excluding carboxylic acids is 2. The van der Waals surface area contributed by atoms with E-state index in [1.165, 1.54) is 9.80 Å². The molecule has 1 spiro atoms. The van der Waals surface area contributed by atoms with Gasteiger partial charge in [-0.1, -0.05) is 18.2 Å². The third-order valence-electron chi connectivity index (χ3n) is 5.90.